The average molecular weight is 247 g/mol. The zero-order chi connectivity index (χ0) is 13.3. The first-order chi connectivity index (χ1) is 8.54. The van der Waals surface area contributed by atoms with E-state index in [-0.39, 0.29) is 18.1 Å². The van der Waals surface area contributed by atoms with Gasteiger partial charge in [0.15, 0.2) is 0 Å². The van der Waals surface area contributed by atoms with Crippen LogP contribution in [0.15, 0.2) is 18.2 Å². The summed E-state index contributed by atoms with van der Waals surface area (Å²) in [5.74, 6) is -1.58. The summed E-state index contributed by atoms with van der Waals surface area (Å²) < 4.78 is 4.66. The molecule has 2 rings (SSSR count). The molecule has 0 fully saturated rings. The lowest BCUT2D eigenvalue weighted by atomic mass is 10.1. The fraction of sp³-hybridized carbons (Fsp3) is 0.308. The number of ketones is 1. The normalized spacial score (nSPS) is 13.4. The Morgan fingerprint density at radius 2 is 2.11 bits per heavy atom. The second-order valence-electron chi connectivity index (χ2n) is 4.02. The monoisotopic (exact) mass is 247 g/mol. The van der Waals surface area contributed by atoms with Gasteiger partial charge in [0.2, 0.25) is 5.91 Å². The van der Waals surface area contributed by atoms with E-state index in [0.29, 0.717) is 12.1 Å². The van der Waals surface area contributed by atoms with Crippen molar-refractivity contribution in [1.82, 2.24) is 0 Å². The highest BCUT2D eigenvalue weighted by Crippen LogP contribution is 2.28. The van der Waals surface area contributed by atoms with Crippen molar-refractivity contribution < 1.29 is 19.1 Å². The lowest BCUT2D eigenvalue weighted by Gasteiger charge is -2.10. The molecule has 0 saturated carbocycles. The summed E-state index contributed by atoms with van der Waals surface area (Å²) in [6.07, 6.45) is 0.333. The topological polar surface area (TPSA) is 63.7 Å². The number of benzene rings is 1. The van der Waals surface area contributed by atoms with Crippen molar-refractivity contribution in [2.75, 3.05) is 18.6 Å². The first-order valence-corrected chi connectivity index (χ1v) is 5.65. The minimum absolute atomic E-state index is 0.0225. The second-order valence-corrected chi connectivity index (χ2v) is 4.02. The number of carbonyl (C=O) groups excluding carboxylic acids is 3. The van der Waals surface area contributed by atoms with Crippen LogP contribution in [0.2, 0.25) is 0 Å². The van der Waals surface area contributed by atoms with Gasteiger partial charge in [-0.3, -0.25) is 9.59 Å². The summed E-state index contributed by atoms with van der Waals surface area (Å²) in [6, 6.07) is 4.80. The van der Waals surface area contributed by atoms with E-state index in [0.717, 1.165) is 5.56 Å². The van der Waals surface area contributed by atoms with Crippen LogP contribution in [0, 0.1) is 0 Å². The molecule has 1 aliphatic rings. The van der Waals surface area contributed by atoms with E-state index >= 15 is 0 Å². The van der Waals surface area contributed by atoms with Crippen LogP contribution in [0.5, 0.6) is 0 Å². The van der Waals surface area contributed by atoms with Crippen LogP contribution in [0.3, 0.4) is 0 Å². The zero-order valence-corrected chi connectivity index (χ0v) is 10.2. The molecule has 0 aliphatic carbocycles. The lowest BCUT2D eigenvalue weighted by Crippen LogP contribution is -2.21. The number of carbonyl (C=O) groups is 3. The number of esters is 1. The molecule has 0 spiro atoms. The molecule has 0 radical (unpaired) electrons. The molecule has 1 heterocycles. The van der Waals surface area contributed by atoms with Crippen molar-refractivity contribution in [3.63, 3.8) is 0 Å². The average Bonchev–Trinajstić information content (AvgIpc) is 2.64. The summed E-state index contributed by atoms with van der Waals surface area (Å²) in [6.45, 7) is 1.80. The van der Waals surface area contributed by atoms with Gasteiger partial charge in [-0.15, -0.1) is 0 Å². The Labute approximate surface area is 104 Å². The Bertz CT molecular complexity index is 536. The highest BCUT2D eigenvalue weighted by Gasteiger charge is 2.26. The van der Waals surface area contributed by atoms with Gasteiger partial charge in [-0.05, 0) is 18.6 Å². The molecule has 0 unspecified atom stereocenters. The smallest absolute Gasteiger partial charge is 0.379 e. The molecule has 5 heteroatoms. The minimum Gasteiger partial charge on any atom is -0.460 e. The fourth-order valence-electron chi connectivity index (χ4n) is 1.90. The summed E-state index contributed by atoms with van der Waals surface area (Å²) in [5, 5.41) is 0. The standard InChI is InChI=1S/C13H13NO4/c1-3-18-13(17)12(16)9-5-4-8-7-11(15)14(2)10(8)6-9/h4-6H,3,7H2,1-2H3. The summed E-state index contributed by atoms with van der Waals surface area (Å²) in [4.78, 5) is 36.1. The largest absolute Gasteiger partial charge is 0.460 e. The van der Waals surface area contributed by atoms with Gasteiger partial charge in [0.25, 0.3) is 5.78 Å². The van der Waals surface area contributed by atoms with Gasteiger partial charge in [-0.25, -0.2) is 4.79 Å². The molecule has 0 bridgehead atoms. The lowest BCUT2D eigenvalue weighted by molar-refractivity contribution is -0.137. The Morgan fingerprint density at radius 3 is 2.78 bits per heavy atom. The molecule has 0 saturated heterocycles. The van der Waals surface area contributed by atoms with Gasteiger partial charge in [0.1, 0.15) is 0 Å². The van der Waals surface area contributed by atoms with Crippen molar-refractivity contribution in [2.45, 2.75) is 13.3 Å². The van der Waals surface area contributed by atoms with Gasteiger partial charge in [0, 0.05) is 18.3 Å². The van der Waals surface area contributed by atoms with Crippen LogP contribution >= 0.6 is 0 Å². The van der Waals surface area contributed by atoms with Crippen LogP contribution in [-0.2, 0) is 20.7 Å². The number of hydrogen-bond donors (Lipinski definition) is 0. The summed E-state index contributed by atoms with van der Waals surface area (Å²) >= 11 is 0. The summed E-state index contributed by atoms with van der Waals surface area (Å²) in [7, 11) is 1.65. The maximum atomic E-state index is 11.7. The molecular weight excluding hydrogens is 234 g/mol. The first-order valence-electron chi connectivity index (χ1n) is 5.65. The third-order valence-electron chi connectivity index (χ3n) is 2.89. The van der Waals surface area contributed by atoms with E-state index in [1.54, 1.807) is 32.2 Å². The summed E-state index contributed by atoms with van der Waals surface area (Å²) in [5.41, 5.74) is 1.78. The Kier molecular flexibility index (Phi) is 3.14. The molecular formula is C13H13NO4. The molecule has 1 aromatic rings. The van der Waals surface area contributed by atoms with E-state index < -0.39 is 11.8 Å². The number of amides is 1. The molecule has 1 aliphatic heterocycles. The highest BCUT2D eigenvalue weighted by molar-refractivity contribution is 6.40. The van der Waals surface area contributed by atoms with Gasteiger partial charge < -0.3 is 9.64 Å². The number of likely N-dealkylation sites (N-methyl/N-ethyl adjacent to an activating group) is 1. The van der Waals surface area contributed by atoms with Crippen LogP contribution in [0.1, 0.15) is 22.8 Å². The van der Waals surface area contributed by atoms with Crippen LogP contribution < -0.4 is 4.90 Å². The zero-order valence-electron chi connectivity index (χ0n) is 10.2. The molecule has 0 atom stereocenters. The van der Waals surface area contributed by atoms with Crippen molar-refractivity contribution in [3.8, 4) is 0 Å². The van der Waals surface area contributed by atoms with Crippen molar-refractivity contribution in [3.05, 3.63) is 29.3 Å². The first kappa shape index (κ1) is 12.3. The number of fused-ring (bicyclic) bond motifs is 1. The predicted molar refractivity (Wildman–Crippen MR) is 64.5 cm³/mol. The van der Waals surface area contributed by atoms with E-state index in [1.807, 2.05) is 0 Å². The third-order valence-corrected chi connectivity index (χ3v) is 2.89. The number of nitrogens with zero attached hydrogens (tertiary/aromatic N) is 1. The second kappa shape index (κ2) is 4.60. The predicted octanol–water partition coefficient (Wildman–Crippen LogP) is 0.951. The molecule has 1 aromatic carbocycles. The van der Waals surface area contributed by atoms with E-state index in [2.05, 4.69) is 4.74 Å². The highest BCUT2D eigenvalue weighted by atomic mass is 16.5. The third kappa shape index (κ3) is 1.99. The van der Waals surface area contributed by atoms with Crippen LogP contribution in [0.25, 0.3) is 0 Å². The molecule has 0 aromatic heterocycles. The number of rotatable bonds is 3. The Balaban J connectivity index is 2.30. The van der Waals surface area contributed by atoms with Crippen molar-refractivity contribution >= 4 is 23.3 Å². The molecule has 1 amide bonds. The van der Waals surface area contributed by atoms with Crippen LogP contribution in [0.4, 0.5) is 5.69 Å². The fourth-order valence-corrected chi connectivity index (χ4v) is 1.90. The number of hydrogen-bond acceptors (Lipinski definition) is 4. The van der Waals surface area contributed by atoms with Crippen molar-refractivity contribution in [1.29, 1.82) is 0 Å². The maximum absolute atomic E-state index is 11.7. The number of ether oxygens (including phenoxy) is 1. The molecule has 94 valence electrons. The van der Waals surface area contributed by atoms with Gasteiger partial charge in [-0.2, -0.15) is 0 Å². The van der Waals surface area contributed by atoms with E-state index in [9.17, 15) is 14.4 Å². The van der Waals surface area contributed by atoms with Crippen LogP contribution in [-0.4, -0.2) is 31.3 Å². The molecule has 18 heavy (non-hydrogen) atoms. The Morgan fingerprint density at radius 1 is 1.39 bits per heavy atom. The number of Topliss-reactive ketones (excluding diaryl/α,β-unsaturated/α-hetero) is 1. The van der Waals surface area contributed by atoms with E-state index in [4.69, 9.17) is 0 Å². The molecule has 5 nitrogen and oxygen atoms in total. The van der Waals surface area contributed by atoms with Crippen molar-refractivity contribution in [2.24, 2.45) is 0 Å². The van der Waals surface area contributed by atoms with Gasteiger partial charge >= 0.3 is 5.97 Å². The van der Waals surface area contributed by atoms with E-state index in [1.165, 1.54) is 4.90 Å². The quantitative estimate of drug-likeness (QED) is 0.453. The Hall–Kier alpha value is -2.17. The minimum atomic E-state index is -0.871. The van der Waals surface area contributed by atoms with Gasteiger partial charge in [0.05, 0.1) is 13.0 Å². The van der Waals surface area contributed by atoms with Gasteiger partial charge in [-0.1, -0.05) is 12.1 Å². The number of anilines is 1. The molecule has 0 N–H and O–H groups in total. The maximum Gasteiger partial charge on any atom is 0.379 e. The SMILES string of the molecule is CCOC(=O)C(=O)c1ccc2c(c1)N(C)C(=O)C2.